The molecule has 2 fully saturated rings. The standard InChI is InChI=1S/C25H29Cl2N3O2/c26-20-9-7-19(8-10-20)25(32)30-15-11-18(12-16-30)24(31)28-17-23(29-13-3-4-14-29)21-5-1-2-6-22(21)27/h1-2,5-10,18,23H,3-4,11-17H2,(H,28,31)/t23-/m0/s1. The van der Waals surface area contributed by atoms with Gasteiger partial charge in [0, 0.05) is 41.2 Å². The summed E-state index contributed by atoms with van der Waals surface area (Å²) in [6, 6.07) is 14.9. The highest BCUT2D eigenvalue weighted by atomic mass is 35.5. The highest BCUT2D eigenvalue weighted by Crippen LogP contribution is 2.30. The van der Waals surface area contributed by atoms with Crippen LogP contribution in [0.15, 0.2) is 48.5 Å². The highest BCUT2D eigenvalue weighted by Gasteiger charge is 2.30. The summed E-state index contributed by atoms with van der Waals surface area (Å²) in [6.07, 6.45) is 3.70. The van der Waals surface area contributed by atoms with Crippen LogP contribution in [0.25, 0.3) is 0 Å². The Bertz CT molecular complexity index is 936. The topological polar surface area (TPSA) is 52.7 Å². The quantitative estimate of drug-likeness (QED) is 0.655. The van der Waals surface area contributed by atoms with Gasteiger partial charge in [-0.2, -0.15) is 0 Å². The van der Waals surface area contributed by atoms with E-state index in [1.807, 2.05) is 23.1 Å². The van der Waals surface area contributed by atoms with Gasteiger partial charge in [0.15, 0.2) is 0 Å². The molecule has 7 heteroatoms. The van der Waals surface area contributed by atoms with Crippen LogP contribution >= 0.6 is 23.2 Å². The molecule has 4 rings (SSSR count). The molecule has 170 valence electrons. The molecule has 2 aliphatic rings. The van der Waals surface area contributed by atoms with Crippen molar-refractivity contribution in [3.8, 4) is 0 Å². The fraction of sp³-hybridized carbons (Fsp3) is 0.440. The van der Waals surface area contributed by atoms with E-state index in [4.69, 9.17) is 23.2 Å². The molecule has 0 radical (unpaired) electrons. The zero-order valence-corrected chi connectivity index (χ0v) is 19.6. The van der Waals surface area contributed by atoms with E-state index >= 15 is 0 Å². The summed E-state index contributed by atoms with van der Waals surface area (Å²) in [7, 11) is 0. The summed E-state index contributed by atoms with van der Waals surface area (Å²) < 4.78 is 0. The predicted molar refractivity (Wildman–Crippen MR) is 128 cm³/mol. The molecule has 1 N–H and O–H groups in total. The molecule has 1 atom stereocenters. The first-order valence-electron chi connectivity index (χ1n) is 11.3. The van der Waals surface area contributed by atoms with Gasteiger partial charge in [-0.05, 0) is 74.7 Å². The monoisotopic (exact) mass is 473 g/mol. The molecule has 2 aliphatic heterocycles. The average molecular weight is 474 g/mol. The van der Waals surface area contributed by atoms with Gasteiger partial charge in [0.25, 0.3) is 5.91 Å². The van der Waals surface area contributed by atoms with Gasteiger partial charge in [0.2, 0.25) is 5.91 Å². The number of carbonyl (C=O) groups is 2. The van der Waals surface area contributed by atoms with E-state index in [-0.39, 0.29) is 23.8 Å². The molecule has 2 aromatic rings. The van der Waals surface area contributed by atoms with Crippen LogP contribution < -0.4 is 5.32 Å². The van der Waals surface area contributed by atoms with E-state index in [1.54, 1.807) is 24.3 Å². The summed E-state index contributed by atoms with van der Waals surface area (Å²) in [4.78, 5) is 29.9. The summed E-state index contributed by atoms with van der Waals surface area (Å²) in [5.41, 5.74) is 1.70. The van der Waals surface area contributed by atoms with Gasteiger partial charge in [0.1, 0.15) is 0 Å². The Balaban J connectivity index is 1.32. The smallest absolute Gasteiger partial charge is 0.253 e. The second-order valence-corrected chi connectivity index (χ2v) is 9.44. The molecule has 0 bridgehead atoms. The van der Waals surface area contributed by atoms with Crippen LogP contribution in [0.5, 0.6) is 0 Å². The lowest BCUT2D eigenvalue weighted by Gasteiger charge is -2.33. The van der Waals surface area contributed by atoms with Gasteiger partial charge in [-0.3, -0.25) is 14.5 Å². The maximum Gasteiger partial charge on any atom is 0.253 e. The molecule has 0 unspecified atom stereocenters. The maximum atomic E-state index is 12.9. The molecule has 32 heavy (non-hydrogen) atoms. The zero-order chi connectivity index (χ0) is 22.5. The molecular weight excluding hydrogens is 445 g/mol. The average Bonchev–Trinajstić information content (AvgIpc) is 3.35. The van der Waals surface area contributed by atoms with Crippen molar-refractivity contribution in [3.63, 3.8) is 0 Å². The van der Waals surface area contributed by atoms with Gasteiger partial charge in [-0.15, -0.1) is 0 Å². The number of hydrogen-bond donors (Lipinski definition) is 1. The van der Waals surface area contributed by atoms with Crippen LogP contribution in [0.3, 0.4) is 0 Å². The van der Waals surface area contributed by atoms with E-state index in [9.17, 15) is 9.59 Å². The van der Waals surface area contributed by atoms with Crippen molar-refractivity contribution in [1.29, 1.82) is 0 Å². The van der Waals surface area contributed by atoms with E-state index < -0.39 is 0 Å². The Kier molecular flexibility index (Phi) is 7.71. The van der Waals surface area contributed by atoms with Gasteiger partial charge < -0.3 is 10.2 Å². The number of hydrogen-bond acceptors (Lipinski definition) is 3. The minimum atomic E-state index is -0.0743. The number of carbonyl (C=O) groups excluding carboxylic acids is 2. The Morgan fingerprint density at radius 3 is 2.25 bits per heavy atom. The van der Waals surface area contributed by atoms with Crippen LogP contribution in [0, 0.1) is 5.92 Å². The number of amides is 2. The first-order valence-corrected chi connectivity index (χ1v) is 12.1. The summed E-state index contributed by atoms with van der Waals surface area (Å²) >= 11 is 12.4. The maximum absolute atomic E-state index is 12.9. The Labute approximate surface area is 199 Å². The van der Waals surface area contributed by atoms with Crippen molar-refractivity contribution in [2.75, 3.05) is 32.7 Å². The highest BCUT2D eigenvalue weighted by molar-refractivity contribution is 6.31. The number of likely N-dealkylation sites (tertiary alicyclic amines) is 2. The van der Waals surface area contributed by atoms with Gasteiger partial charge in [-0.1, -0.05) is 41.4 Å². The lowest BCUT2D eigenvalue weighted by Crippen LogP contribution is -2.44. The normalized spacial score (nSPS) is 18.5. The van der Waals surface area contributed by atoms with Crippen LogP contribution in [0.4, 0.5) is 0 Å². The Morgan fingerprint density at radius 1 is 0.938 bits per heavy atom. The van der Waals surface area contributed by atoms with Crippen molar-refractivity contribution in [2.45, 2.75) is 31.7 Å². The molecular formula is C25H29Cl2N3O2. The largest absolute Gasteiger partial charge is 0.354 e. The van der Waals surface area contributed by atoms with E-state index in [0.29, 0.717) is 43.1 Å². The SMILES string of the molecule is O=C(NC[C@@H](c1ccccc1Cl)N1CCCC1)C1CCN(C(=O)c2ccc(Cl)cc2)CC1. The Morgan fingerprint density at radius 2 is 1.59 bits per heavy atom. The summed E-state index contributed by atoms with van der Waals surface area (Å²) in [5.74, 6) is -0.0112. The molecule has 5 nitrogen and oxygen atoms in total. The van der Waals surface area contributed by atoms with E-state index in [0.717, 1.165) is 23.7 Å². The molecule has 2 saturated heterocycles. The predicted octanol–water partition coefficient (Wildman–Crippen LogP) is 4.80. The Hall–Kier alpha value is -2.08. The third-order valence-corrected chi connectivity index (χ3v) is 7.16. The van der Waals surface area contributed by atoms with Gasteiger partial charge in [0.05, 0.1) is 6.04 Å². The molecule has 2 aromatic carbocycles. The number of nitrogens with one attached hydrogen (secondary N) is 1. The van der Waals surface area contributed by atoms with E-state index in [2.05, 4.69) is 16.3 Å². The number of halogens is 2. The molecule has 0 aliphatic carbocycles. The van der Waals surface area contributed by atoms with Crippen molar-refractivity contribution in [2.24, 2.45) is 5.92 Å². The fourth-order valence-corrected chi connectivity index (χ4v) is 5.08. The minimum Gasteiger partial charge on any atom is -0.354 e. The molecule has 0 aromatic heterocycles. The third kappa shape index (κ3) is 5.45. The number of benzene rings is 2. The fourth-order valence-electron chi connectivity index (χ4n) is 4.70. The van der Waals surface area contributed by atoms with Crippen molar-refractivity contribution < 1.29 is 9.59 Å². The molecule has 2 amide bonds. The second kappa shape index (κ2) is 10.7. The first-order chi connectivity index (χ1) is 15.5. The van der Waals surface area contributed by atoms with Gasteiger partial charge >= 0.3 is 0 Å². The molecule has 0 spiro atoms. The lowest BCUT2D eigenvalue weighted by molar-refractivity contribution is -0.126. The lowest BCUT2D eigenvalue weighted by atomic mass is 9.95. The minimum absolute atomic E-state index is 0.00617. The number of rotatable bonds is 6. The zero-order valence-electron chi connectivity index (χ0n) is 18.1. The van der Waals surface area contributed by atoms with Crippen molar-refractivity contribution >= 4 is 35.0 Å². The van der Waals surface area contributed by atoms with Crippen molar-refractivity contribution in [1.82, 2.24) is 15.1 Å². The summed E-state index contributed by atoms with van der Waals surface area (Å²) in [5, 5.41) is 4.53. The van der Waals surface area contributed by atoms with Crippen LogP contribution in [0.2, 0.25) is 10.0 Å². The number of piperidine rings is 1. The number of nitrogens with zero attached hydrogens (tertiary/aromatic N) is 2. The van der Waals surface area contributed by atoms with Crippen LogP contribution in [-0.2, 0) is 4.79 Å². The van der Waals surface area contributed by atoms with Crippen LogP contribution in [-0.4, -0.2) is 54.3 Å². The van der Waals surface area contributed by atoms with Crippen molar-refractivity contribution in [3.05, 3.63) is 69.7 Å². The van der Waals surface area contributed by atoms with Crippen LogP contribution in [0.1, 0.15) is 47.6 Å². The second-order valence-electron chi connectivity index (χ2n) is 8.60. The first kappa shape index (κ1) is 23.1. The third-order valence-electron chi connectivity index (χ3n) is 6.56. The summed E-state index contributed by atoms with van der Waals surface area (Å²) in [6.45, 7) is 3.76. The van der Waals surface area contributed by atoms with Gasteiger partial charge in [-0.25, -0.2) is 0 Å². The molecule has 0 saturated carbocycles. The molecule has 2 heterocycles. The van der Waals surface area contributed by atoms with E-state index in [1.165, 1.54) is 12.8 Å².